The highest BCUT2D eigenvalue weighted by Crippen LogP contribution is 2.44. The summed E-state index contributed by atoms with van der Waals surface area (Å²) in [6, 6.07) is 10.2. The summed E-state index contributed by atoms with van der Waals surface area (Å²) in [5.74, 6) is 0.903. The van der Waals surface area contributed by atoms with Crippen molar-refractivity contribution in [1.82, 2.24) is 10.2 Å². The monoisotopic (exact) mass is 285 g/mol. The molecule has 3 heteroatoms. The zero-order valence-electron chi connectivity index (χ0n) is 12.9. The predicted molar refractivity (Wildman–Crippen MR) is 87.8 cm³/mol. The highest BCUT2D eigenvalue weighted by Gasteiger charge is 2.36. The smallest absolute Gasteiger partial charge is 0.0377 e. The minimum absolute atomic E-state index is 0.666. The summed E-state index contributed by atoms with van der Waals surface area (Å²) in [6.45, 7) is 7.18. The van der Waals surface area contributed by atoms with Gasteiger partial charge in [-0.15, -0.1) is 0 Å². The molecular weight excluding hydrogens is 258 g/mol. The molecule has 3 aliphatic rings. The van der Waals surface area contributed by atoms with Crippen molar-refractivity contribution >= 4 is 5.69 Å². The van der Waals surface area contributed by atoms with Crippen LogP contribution in [0.1, 0.15) is 37.3 Å². The van der Waals surface area contributed by atoms with E-state index in [9.17, 15) is 0 Å². The Labute approximate surface area is 128 Å². The van der Waals surface area contributed by atoms with Crippen LogP contribution in [-0.4, -0.2) is 44.2 Å². The van der Waals surface area contributed by atoms with Gasteiger partial charge in [0.15, 0.2) is 0 Å². The molecule has 21 heavy (non-hydrogen) atoms. The minimum Gasteiger partial charge on any atom is -0.372 e. The molecule has 0 radical (unpaired) electrons. The van der Waals surface area contributed by atoms with E-state index in [-0.39, 0.29) is 0 Å². The fourth-order valence-electron chi connectivity index (χ4n) is 4.01. The van der Waals surface area contributed by atoms with Gasteiger partial charge in [-0.1, -0.05) is 12.1 Å². The first-order valence-electron chi connectivity index (χ1n) is 8.71. The lowest BCUT2D eigenvalue weighted by atomic mass is 9.99. The third-order valence-corrected chi connectivity index (χ3v) is 5.32. The molecule has 0 aromatic heterocycles. The summed E-state index contributed by atoms with van der Waals surface area (Å²) in [4.78, 5) is 5.24. The fraction of sp³-hybridized carbons (Fsp3) is 0.667. The Morgan fingerprint density at radius 2 is 1.57 bits per heavy atom. The number of nitrogens with zero attached hydrogens (tertiary/aromatic N) is 2. The maximum absolute atomic E-state index is 3.48. The molecule has 1 aromatic carbocycles. The first-order chi connectivity index (χ1) is 10.4. The molecule has 114 valence electrons. The number of rotatable bonds is 4. The molecule has 0 unspecified atom stereocenters. The second-order valence-electron chi connectivity index (χ2n) is 6.85. The predicted octanol–water partition coefficient (Wildman–Crippen LogP) is 2.64. The van der Waals surface area contributed by atoms with Crippen LogP contribution in [0.5, 0.6) is 0 Å². The van der Waals surface area contributed by atoms with Crippen LogP contribution in [0.15, 0.2) is 24.3 Å². The number of anilines is 1. The van der Waals surface area contributed by atoms with Gasteiger partial charge in [-0.25, -0.2) is 0 Å². The van der Waals surface area contributed by atoms with E-state index < -0.39 is 0 Å². The van der Waals surface area contributed by atoms with Gasteiger partial charge in [0.25, 0.3) is 0 Å². The molecule has 0 amide bonds. The zero-order valence-corrected chi connectivity index (χ0v) is 12.9. The van der Waals surface area contributed by atoms with Gasteiger partial charge in [0.1, 0.15) is 0 Å². The molecule has 1 aliphatic carbocycles. The molecule has 0 spiro atoms. The van der Waals surface area contributed by atoms with Crippen molar-refractivity contribution in [3.63, 3.8) is 0 Å². The number of hydrogen-bond donors (Lipinski definition) is 1. The van der Waals surface area contributed by atoms with Crippen molar-refractivity contribution in [3.05, 3.63) is 29.8 Å². The minimum atomic E-state index is 0.666. The summed E-state index contributed by atoms with van der Waals surface area (Å²) < 4.78 is 0. The van der Waals surface area contributed by atoms with E-state index in [1.54, 1.807) is 5.56 Å². The Hall–Kier alpha value is -1.06. The molecule has 2 heterocycles. The third-order valence-electron chi connectivity index (χ3n) is 5.32. The Bertz CT molecular complexity index is 454. The largest absolute Gasteiger partial charge is 0.372 e. The van der Waals surface area contributed by atoms with E-state index in [4.69, 9.17) is 0 Å². The van der Waals surface area contributed by atoms with Crippen LogP contribution in [-0.2, 0) is 0 Å². The third kappa shape index (κ3) is 2.95. The molecular formula is C18H27N3. The molecule has 1 aromatic rings. The lowest BCUT2D eigenvalue weighted by Crippen LogP contribution is -2.45. The van der Waals surface area contributed by atoms with Gasteiger partial charge in [-0.05, 0) is 49.3 Å². The van der Waals surface area contributed by atoms with Crippen molar-refractivity contribution in [2.24, 2.45) is 5.92 Å². The van der Waals surface area contributed by atoms with Crippen LogP contribution in [0, 0.1) is 5.92 Å². The number of hydrogen-bond acceptors (Lipinski definition) is 3. The SMILES string of the molecule is c1cc(N2CCCC2)ccc1[C@@H](C1CC1)N1CCNCC1. The van der Waals surface area contributed by atoms with Crippen molar-refractivity contribution in [2.45, 2.75) is 31.7 Å². The average molecular weight is 285 g/mol. The number of nitrogens with one attached hydrogen (secondary N) is 1. The molecule has 2 aliphatic heterocycles. The summed E-state index contributed by atoms with van der Waals surface area (Å²) in [5.41, 5.74) is 2.97. The molecule has 4 rings (SSSR count). The van der Waals surface area contributed by atoms with Crippen LogP contribution >= 0.6 is 0 Å². The first kappa shape index (κ1) is 13.6. The second kappa shape index (κ2) is 5.98. The van der Waals surface area contributed by atoms with Gasteiger partial charge < -0.3 is 10.2 Å². The lowest BCUT2D eigenvalue weighted by molar-refractivity contribution is 0.156. The Balaban J connectivity index is 1.52. The highest BCUT2D eigenvalue weighted by molar-refractivity contribution is 5.48. The van der Waals surface area contributed by atoms with E-state index in [0.29, 0.717) is 6.04 Å². The Morgan fingerprint density at radius 1 is 0.905 bits per heavy atom. The lowest BCUT2D eigenvalue weighted by Gasteiger charge is -2.35. The normalized spacial score (nSPS) is 25.2. The maximum Gasteiger partial charge on any atom is 0.0377 e. The van der Waals surface area contributed by atoms with Crippen LogP contribution < -0.4 is 10.2 Å². The second-order valence-corrected chi connectivity index (χ2v) is 6.85. The summed E-state index contributed by atoms with van der Waals surface area (Å²) in [7, 11) is 0. The van der Waals surface area contributed by atoms with Crippen LogP contribution in [0.25, 0.3) is 0 Å². The first-order valence-corrected chi connectivity index (χ1v) is 8.71. The van der Waals surface area contributed by atoms with Crippen molar-refractivity contribution < 1.29 is 0 Å². The van der Waals surface area contributed by atoms with Crippen LogP contribution in [0.3, 0.4) is 0 Å². The molecule has 3 fully saturated rings. The van der Waals surface area contributed by atoms with Crippen molar-refractivity contribution in [2.75, 3.05) is 44.2 Å². The van der Waals surface area contributed by atoms with Gasteiger partial charge in [0.05, 0.1) is 0 Å². The van der Waals surface area contributed by atoms with E-state index in [1.807, 2.05) is 0 Å². The molecule has 3 nitrogen and oxygen atoms in total. The fourth-order valence-corrected chi connectivity index (χ4v) is 4.01. The van der Waals surface area contributed by atoms with E-state index in [0.717, 1.165) is 19.0 Å². The molecule has 2 saturated heterocycles. The van der Waals surface area contributed by atoms with E-state index >= 15 is 0 Å². The van der Waals surface area contributed by atoms with E-state index in [1.165, 1.54) is 57.5 Å². The van der Waals surface area contributed by atoms with Gasteiger partial charge in [0, 0.05) is 51.0 Å². The van der Waals surface area contributed by atoms with Crippen molar-refractivity contribution in [3.8, 4) is 0 Å². The number of benzene rings is 1. The Kier molecular flexibility index (Phi) is 3.87. The number of piperazine rings is 1. The standard InChI is InChI=1S/C18H27N3/c1-2-12-20(11-1)17-7-5-16(6-8-17)18(15-3-4-15)21-13-9-19-10-14-21/h5-8,15,18-19H,1-4,9-14H2/t18-/m1/s1. The van der Waals surface area contributed by atoms with Gasteiger partial charge in [0.2, 0.25) is 0 Å². The molecule has 1 atom stereocenters. The van der Waals surface area contributed by atoms with E-state index in [2.05, 4.69) is 39.4 Å². The van der Waals surface area contributed by atoms with Crippen LogP contribution in [0.2, 0.25) is 0 Å². The van der Waals surface area contributed by atoms with Crippen LogP contribution in [0.4, 0.5) is 5.69 Å². The van der Waals surface area contributed by atoms with Crippen molar-refractivity contribution in [1.29, 1.82) is 0 Å². The summed E-state index contributed by atoms with van der Waals surface area (Å²) in [6.07, 6.45) is 5.55. The Morgan fingerprint density at radius 3 is 2.19 bits per heavy atom. The quantitative estimate of drug-likeness (QED) is 0.917. The molecule has 1 N–H and O–H groups in total. The highest BCUT2D eigenvalue weighted by atomic mass is 15.2. The average Bonchev–Trinajstić information content (AvgIpc) is 3.22. The molecule has 0 bridgehead atoms. The molecule has 1 saturated carbocycles. The summed E-state index contributed by atoms with van der Waals surface area (Å²) in [5, 5.41) is 3.48. The topological polar surface area (TPSA) is 18.5 Å². The van der Waals surface area contributed by atoms with Gasteiger partial charge >= 0.3 is 0 Å². The summed E-state index contributed by atoms with van der Waals surface area (Å²) >= 11 is 0. The maximum atomic E-state index is 3.48. The van der Waals surface area contributed by atoms with Gasteiger partial charge in [-0.2, -0.15) is 0 Å². The zero-order chi connectivity index (χ0) is 14.1. The van der Waals surface area contributed by atoms with Gasteiger partial charge in [-0.3, -0.25) is 4.90 Å².